The summed E-state index contributed by atoms with van der Waals surface area (Å²) in [6, 6.07) is 14.2. The predicted octanol–water partition coefficient (Wildman–Crippen LogP) is 5.98. The van der Waals surface area contributed by atoms with Gasteiger partial charge in [-0.3, -0.25) is 0 Å². The van der Waals surface area contributed by atoms with E-state index in [0.29, 0.717) is 30.4 Å². The first-order valence-electron chi connectivity index (χ1n) is 10.8. The van der Waals surface area contributed by atoms with Crippen LogP contribution >= 0.6 is 22.9 Å². The maximum absolute atomic E-state index is 13.5. The molecule has 0 aliphatic rings. The Morgan fingerprint density at radius 2 is 1.94 bits per heavy atom. The molecule has 3 N–H and O–H groups in total. The molecule has 4 aromatic rings. The van der Waals surface area contributed by atoms with Crippen molar-refractivity contribution in [1.29, 1.82) is 0 Å². The molecule has 0 saturated heterocycles. The molecule has 0 amide bonds. The van der Waals surface area contributed by atoms with Crippen LogP contribution in [0.4, 0.5) is 16.2 Å². The third-order valence-corrected chi connectivity index (χ3v) is 6.72. The Bertz CT molecular complexity index is 1200. The van der Waals surface area contributed by atoms with Gasteiger partial charge < -0.3 is 15.7 Å². The summed E-state index contributed by atoms with van der Waals surface area (Å²) >= 11 is 8.16. The summed E-state index contributed by atoms with van der Waals surface area (Å²) in [5, 5.41) is 17.0. The fraction of sp³-hybridized carbons (Fsp3) is 0.292. The summed E-state index contributed by atoms with van der Waals surface area (Å²) in [7, 11) is 0. The van der Waals surface area contributed by atoms with Gasteiger partial charge in [-0.2, -0.15) is 4.98 Å². The summed E-state index contributed by atoms with van der Waals surface area (Å²) in [5.41, 5.74) is 2.30. The number of aliphatic hydroxyl groups is 1. The van der Waals surface area contributed by atoms with Crippen molar-refractivity contribution in [3.63, 3.8) is 0 Å². The van der Waals surface area contributed by atoms with Crippen molar-refractivity contribution >= 4 is 44.9 Å². The highest BCUT2D eigenvalue weighted by atomic mass is 35.5. The summed E-state index contributed by atoms with van der Waals surface area (Å²) in [4.78, 5) is 13.8. The first-order chi connectivity index (χ1) is 16.1. The number of hydrogen-bond donors (Lipinski definition) is 3. The number of aliphatic hydroxyl groups excluding tert-OH is 1. The van der Waals surface area contributed by atoms with Gasteiger partial charge in [0.25, 0.3) is 0 Å². The highest BCUT2D eigenvalue weighted by molar-refractivity contribution is 7.21. The van der Waals surface area contributed by atoms with Crippen molar-refractivity contribution < 1.29 is 9.50 Å². The monoisotopic (exact) mass is 485 g/mol. The van der Waals surface area contributed by atoms with E-state index in [9.17, 15) is 9.50 Å². The molecule has 6 nitrogen and oxygen atoms in total. The van der Waals surface area contributed by atoms with Gasteiger partial charge in [-0.05, 0) is 42.2 Å². The molecule has 0 aliphatic heterocycles. The summed E-state index contributed by atoms with van der Waals surface area (Å²) in [5.74, 6) is 0.830. The molecule has 4 rings (SSSR count). The van der Waals surface area contributed by atoms with Crippen molar-refractivity contribution in [2.24, 2.45) is 5.92 Å². The van der Waals surface area contributed by atoms with Crippen LogP contribution in [0.5, 0.6) is 0 Å². The Hall–Kier alpha value is -2.81. The van der Waals surface area contributed by atoms with E-state index in [1.807, 2.05) is 30.3 Å². The maximum Gasteiger partial charge on any atom is 0.226 e. The Morgan fingerprint density at radius 1 is 1.09 bits per heavy atom. The van der Waals surface area contributed by atoms with Crippen LogP contribution in [0.1, 0.15) is 25.3 Å². The lowest BCUT2D eigenvalue weighted by Crippen LogP contribution is -2.14. The number of halogens is 2. The van der Waals surface area contributed by atoms with Gasteiger partial charge in [0, 0.05) is 19.7 Å². The molecule has 9 heteroatoms. The largest absolute Gasteiger partial charge is 0.396 e. The molecule has 2 aromatic heterocycles. The van der Waals surface area contributed by atoms with E-state index in [1.165, 1.54) is 23.5 Å². The zero-order valence-corrected chi connectivity index (χ0v) is 19.8. The number of aromatic nitrogens is 3. The lowest BCUT2D eigenvalue weighted by Gasteiger charge is -2.15. The average Bonchev–Trinajstić information content (AvgIpc) is 3.24. The highest BCUT2D eigenvalue weighted by Gasteiger charge is 2.19. The minimum atomic E-state index is -0.295. The van der Waals surface area contributed by atoms with Crippen molar-refractivity contribution in [3.8, 4) is 10.6 Å². The van der Waals surface area contributed by atoms with E-state index in [2.05, 4.69) is 27.5 Å². The summed E-state index contributed by atoms with van der Waals surface area (Å²) in [6.07, 6.45) is 1.69. The number of thiazole rings is 1. The van der Waals surface area contributed by atoms with Crippen LogP contribution in [0, 0.1) is 11.7 Å². The minimum absolute atomic E-state index is 0.147. The Balaban J connectivity index is 1.63. The maximum atomic E-state index is 13.5. The molecule has 0 spiro atoms. The van der Waals surface area contributed by atoms with Gasteiger partial charge in [0.15, 0.2) is 0 Å². The fourth-order valence-electron chi connectivity index (χ4n) is 3.46. The van der Waals surface area contributed by atoms with Crippen LogP contribution in [0.2, 0.25) is 5.15 Å². The summed E-state index contributed by atoms with van der Waals surface area (Å²) in [6.45, 7) is 3.18. The minimum Gasteiger partial charge on any atom is -0.396 e. The van der Waals surface area contributed by atoms with Gasteiger partial charge >= 0.3 is 0 Å². The molecule has 0 fully saturated rings. The van der Waals surface area contributed by atoms with Crippen LogP contribution in [0.15, 0.2) is 48.5 Å². The second kappa shape index (κ2) is 10.9. The van der Waals surface area contributed by atoms with Crippen LogP contribution in [-0.4, -0.2) is 33.2 Å². The first-order valence-corrected chi connectivity index (χ1v) is 12.0. The molecule has 0 saturated carbocycles. The zero-order chi connectivity index (χ0) is 23.2. The fourth-order valence-corrected chi connectivity index (χ4v) is 4.78. The van der Waals surface area contributed by atoms with Gasteiger partial charge in [0.05, 0.1) is 15.8 Å². The average molecular weight is 486 g/mol. The Morgan fingerprint density at radius 3 is 2.70 bits per heavy atom. The Labute approximate surface area is 200 Å². The smallest absolute Gasteiger partial charge is 0.226 e. The third-order valence-electron chi connectivity index (χ3n) is 5.39. The summed E-state index contributed by atoms with van der Waals surface area (Å²) < 4.78 is 14.5. The topological polar surface area (TPSA) is 83.0 Å². The van der Waals surface area contributed by atoms with Crippen molar-refractivity contribution in [2.45, 2.75) is 26.3 Å². The zero-order valence-electron chi connectivity index (χ0n) is 18.2. The van der Waals surface area contributed by atoms with E-state index in [1.54, 1.807) is 6.07 Å². The van der Waals surface area contributed by atoms with E-state index in [0.717, 1.165) is 33.6 Å². The quantitative estimate of drug-likeness (QED) is 0.240. The standard InChI is InChI=1S/C24H25ClFN5OS/c1-2-15(14-32)10-11-27-22-20(23-29-18-8-3-4-9-19(18)33-23)21(25)30-24(31-22)28-13-16-6-5-7-17(26)12-16/h3-9,12,15,32H,2,10-11,13-14H2,1H3,(H2,27,28,30,31). The van der Waals surface area contributed by atoms with Gasteiger partial charge in [-0.1, -0.05) is 49.2 Å². The van der Waals surface area contributed by atoms with Crippen molar-refractivity contribution in [1.82, 2.24) is 15.0 Å². The van der Waals surface area contributed by atoms with Crippen molar-refractivity contribution in [3.05, 3.63) is 65.1 Å². The molecule has 1 atom stereocenters. The van der Waals surface area contributed by atoms with E-state index in [4.69, 9.17) is 16.6 Å². The van der Waals surface area contributed by atoms with Crippen LogP contribution in [0.3, 0.4) is 0 Å². The number of nitrogens with one attached hydrogen (secondary N) is 2. The number of nitrogens with zero attached hydrogens (tertiary/aromatic N) is 3. The van der Waals surface area contributed by atoms with Crippen molar-refractivity contribution in [2.75, 3.05) is 23.8 Å². The normalized spacial score (nSPS) is 12.1. The number of benzene rings is 2. The van der Waals surface area contributed by atoms with E-state index < -0.39 is 0 Å². The number of fused-ring (bicyclic) bond motifs is 1. The second-order valence-electron chi connectivity index (χ2n) is 7.70. The third kappa shape index (κ3) is 5.76. The molecule has 1 unspecified atom stereocenters. The highest BCUT2D eigenvalue weighted by Crippen LogP contribution is 2.38. The van der Waals surface area contributed by atoms with Crippen LogP contribution < -0.4 is 10.6 Å². The Kier molecular flexibility index (Phi) is 7.69. The van der Waals surface area contributed by atoms with Gasteiger partial charge in [0.2, 0.25) is 5.95 Å². The van der Waals surface area contributed by atoms with E-state index >= 15 is 0 Å². The molecule has 172 valence electrons. The molecular weight excluding hydrogens is 461 g/mol. The van der Waals surface area contributed by atoms with Gasteiger partial charge in [0.1, 0.15) is 21.8 Å². The second-order valence-corrected chi connectivity index (χ2v) is 9.09. The van der Waals surface area contributed by atoms with Crippen LogP contribution in [0.25, 0.3) is 20.8 Å². The predicted molar refractivity (Wildman–Crippen MR) is 133 cm³/mol. The molecule has 0 aliphatic carbocycles. The molecule has 2 heterocycles. The first kappa shape index (κ1) is 23.4. The van der Waals surface area contributed by atoms with E-state index in [-0.39, 0.29) is 23.5 Å². The number of para-hydroxylation sites is 1. The van der Waals surface area contributed by atoms with Gasteiger partial charge in [-0.15, -0.1) is 11.3 Å². The van der Waals surface area contributed by atoms with Crippen LogP contribution in [-0.2, 0) is 6.54 Å². The molecule has 0 bridgehead atoms. The SMILES string of the molecule is CCC(CO)CCNc1nc(NCc2cccc(F)c2)nc(Cl)c1-c1nc2ccccc2s1. The number of hydrogen-bond acceptors (Lipinski definition) is 7. The molecule has 33 heavy (non-hydrogen) atoms. The number of anilines is 2. The molecule has 2 aromatic carbocycles. The molecule has 0 radical (unpaired) electrons. The number of rotatable bonds is 10. The lowest BCUT2D eigenvalue weighted by atomic mass is 10.0. The lowest BCUT2D eigenvalue weighted by molar-refractivity contribution is 0.217. The van der Waals surface area contributed by atoms with Gasteiger partial charge in [-0.25, -0.2) is 14.4 Å². The molecular formula is C24H25ClFN5OS.